The molecule has 0 radical (unpaired) electrons. The van der Waals surface area contributed by atoms with Gasteiger partial charge in [-0.2, -0.15) is 4.98 Å². The lowest BCUT2D eigenvalue weighted by Gasteiger charge is -2.16. The molecule has 0 fully saturated rings. The zero-order valence-corrected chi connectivity index (χ0v) is 12.9. The number of benzene rings is 1. The second-order valence-electron chi connectivity index (χ2n) is 4.92. The molecule has 5 nitrogen and oxygen atoms in total. The predicted octanol–water partition coefficient (Wildman–Crippen LogP) is 2.61. The van der Waals surface area contributed by atoms with Gasteiger partial charge in [-0.05, 0) is 25.2 Å². The van der Waals surface area contributed by atoms with Gasteiger partial charge >= 0.3 is 0 Å². The van der Waals surface area contributed by atoms with E-state index >= 15 is 0 Å². The molecule has 0 spiro atoms. The maximum atomic E-state index is 5.28. The molecule has 0 unspecified atom stereocenters. The third-order valence-corrected chi connectivity index (χ3v) is 3.50. The first-order chi connectivity index (χ1) is 10.3. The number of hydrogen-bond donors (Lipinski definition) is 1. The highest BCUT2D eigenvalue weighted by atomic mass is 16.5. The van der Waals surface area contributed by atoms with E-state index in [1.165, 1.54) is 0 Å². The lowest BCUT2D eigenvalue weighted by Crippen LogP contribution is -2.25. The average Bonchev–Trinajstić information content (AvgIpc) is 2.97. The van der Waals surface area contributed by atoms with E-state index in [1.54, 1.807) is 0 Å². The Bertz CT molecular complexity index is 508. The summed E-state index contributed by atoms with van der Waals surface area (Å²) in [5.74, 6) is 1.50. The normalized spacial score (nSPS) is 11.0. The molecule has 2 aromatic rings. The Morgan fingerprint density at radius 1 is 1.10 bits per heavy atom. The number of aromatic nitrogens is 2. The van der Waals surface area contributed by atoms with Crippen molar-refractivity contribution in [3.8, 4) is 0 Å². The molecule has 1 aromatic heterocycles. The highest BCUT2D eigenvalue weighted by Crippen LogP contribution is 2.06. The van der Waals surface area contributed by atoms with Crippen molar-refractivity contribution in [3.05, 3.63) is 42.0 Å². The number of nitrogens with zero attached hydrogens (tertiary/aromatic N) is 3. The summed E-state index contributed by atoms with van der Waals surface area (Å²) < 4.78 is 5.28. The number of hydrogen-bond acceptors (Lipinski definition) is 5. The van der Waals surface area contributed by atoms with E-state index in [0.29, 0.717) is 5.89 Å². The minimum Gasteiger partial charge on any atom is -0.385 e. The number of anilines is 1. The number of nitrogens with one attached hydrogen (secondary N) is 1. The first-order valence-corrected chi connectivity index (χ1v) is 7.64. The summed E-state index contributed by atoms with van der Waals surface area (Å²) >= 11 is 0. The van der Waals surface area contributed by atoms with Crippen LogP contribution in [0.1, 0.15) is 25.6 Å². The Kier molecular flexibility index (Phi) is 6.22. The fraction of sp³-hybridized carbons (Fsp3) is 0.500. The van der Waals surface area contributed by atoms with E-state index in [4.69, 9.17) is 4.52 Å². The molecule has 5 heteroatoms. The predicted molar refractivity (Wildman–Crippen MR) is 84.4 cm³/mol. The maximum absolute atomic E-state index is 5.28. The molecule has 0 aliphatic heterocycles. The van der Waals surface area contributed by atoms with E-state index in [1.807, 2.05) is 30.3 Å². The standard InChI is InChI=1S/C16H24N4O/c1-3-20(4-2)13-11-15-18-16(21-19-15)10-12-17-14-8-6-5-7-9-14/h5-9,17H,3-4,10-13H2,1-2H3. The Balaban J connectivity index is 1.73. The SMILES string of the molecule is CCN(CC)CCc1noc(CCNc2ccccc2)n1. The number of rotatable bonds is 9. The minimum atomic E-state index is 0.702. The topological polar surface area (TPSA) is 54.2 Å². The van der Waals surface area contributed by atoms with Crippen molar-refractivity contribution in [2.24, 2.45) is 0 Å². The van der Waals surface area contributed by atoms with Crippen molar-refractivity contribution in [2.75, 3.05) is 31.5 Å². The van der Waals surface area contributed by atoms with Crippen molar-refractivity contribution in [1.82, 2.24) is 15.0 Å². The van der Waals surface area contributed by atoms with Crippen molar-refractivity contribution in [2.45, 2.75) is 26.7 Å². The van der Waals surface area contributed by atoms with Gasteiger partial charge in [0.25, 0.3) is 0 Å². The highest BCUT2D eigenvalue weighted by molar-refractivity contribution is 5.42. The van der Waals surface area contributed by atoms with Crippen molar-refractivity contribution >= 4 is 5.69 Å². The van der Waals surface area contributed by atoms with Crippen LogP contribution in [0.3, 0.4) is 0 Å². The zero-order valence-electron chi connectivity index (χ0n) is 12.9. The second kappa shape index (κ2) is 8.42. The van der Waals surface area contributed by atoms with Crippen LogP contribution in [0.2, 0.25) is 0 Å². The molecule has 0 bridgehead atoms. The Morgan fingerprint density at radius 2 is 1.86 bits per heavy atom. The van der Waals surface area contributed by atoms with E-state index in [0.717, 1.165) is 50.5 Å². The summed E-state index contributed by atoms with van der Waals surface area (Å²) in [4.78, 5) is 6.79. The molecule has 0 atom stereocenters. The quantitative estimate of drug-likeness (QED) is 0.768. The number of likely N-dealkylation sites (N-methyl/N-ethyl adjacent to an activating group) is 1. The van der Waals surface area contributed by atoms with Gasteiger partial charge in [-0.3, -0.25) is 0 Å². The van der Waals surface area contributed by atoms with Crippen molar-refractivity contribution in [3.63, 3.8) is 0 Å². The number of para-hydroxylation sites is 1. The van der Waals surface area contributed by atoms with E-state index in [9.17, 15) is 0 Å². The summed E-state index contributed by atoms with van der Waals surface area (Å²) in [7, 11) is 0. The average molecular weight is 288 g/mol. The molecular weight excluding hydrogens is 264 g/mol. The third kappa shape index (κ3) is 5.19. The molecule has 1 aromatic carbocycles. The van der Waals surface area contributed by atoms with Crippen LogP contribution in [0.25, 0.3) is 0 Å². The van der Waals surface area contributed by atoms with Crippen LogP contribution in [0.4, 0.5) is 5.69 Å². The molecule has 0 amide bonds. The molecule has 1 heterocycles. The summed E-state index contributed by atoms with van der Waals surface area (Å²) in [6, 6.07) is 10.1. The van der Waals surface area contributed by atoms with Crippen LogP contribution in [-0.4, -0.2) is 41.2 Å². The monoisotopic (exact) mass is 288 g/mol. The lowest BCUT2D eigenvalue weighted by atomic mass is 10.3. The van der Waals surface area contributed by atoms with Crippen LogP contribution >= 0.6 is 0 Å². The van der Waals surface area contributed by atoms with Gasteiger partial charge in [-0.25, -0.2) is 0 Å². The first kappa shape index (κ1) is 15.5. The highest BCUT2D eigenvalue weighted by Gasteiger charge is 2.07. The Hall–Kier alpha value is -1.88. The second-order valence-corrected chi connectivity index (χ2v) is 4.92. The molecule has 0 aliphatic carbocycles. The molecule has 0 aliphatic rings. The van der Waals surface area contributed by atoms with Gasteiger partial charge < -0.3 is 14.7 Å². The Labute approximate surface area is 126 Å². The van der Waals surface area contributed by atoms with Crippen LogP contribution in [0, 0.1) is 0 Å². The summed E-state index contributed by atoms with van der Waals surface area (Å²) in [6.07, 6.45) is 1.59. The van der Waals surface area contributed by atoms with Gasteiger partial charge in [-0.1, -0.05) is 37.2 Å². The van der Waals surface area contributed by atoms with Gasteiger partial charge in [0.05, 0.1) is 0 Å². The Morgan fingerprint density at radius 3 is 2.57 bits per heavy atom. The van der Waals surface area contributed by atoms with Gasteiger partial charge in [0.1, 0.15) is 0 Å². The van der Waals surface area contributed by atoms with E-state index in [2.05, 4.69) is 34.2 Å². The van der Waals surface area contributed by atoms with Gasteiger partial charge in [0.15, 0.2) is 5.82 Å². The zero-order chi connectivity index (χ0) is 14.9. The van der Waals surface area contributed by atoms with Gasteiger partial charge in [0, 0.05) is 31.6 Å². The molecular formula is C16H24N4O. The van der Waals surface area contributed by atoms with E-state index in [-0.39, 0.29) is 0 Å². The van der Waals surface area contributed by atoms with Gasteiger partial charge in [-0.15, -0.1) is 0 Å². The fourth-order valence-corrected chi connectivity index (χ4v) is 2.16. The fourth-order valence-electron chi connectivity index (χ4n) is 2.16. The summed E-state index contributed by atoms with van der Waals surface area (Å²) in [6.45, 7) is 8.22. The molecule has 2 rings (SSSR count). The molecule has 0 saturated heterocycles. The van der Waals surface area contributed by atoms with Crippen LogP contribution in [0.5, 0.6) is 0 Å². The first-order valence-electron chi connectivity index (χ1n) is 7.64. The molecule has 114 valence electrons. The third-order valence-electron chi connectivity index (χ3n) is 3.50. The van der Waals surface area contributed by atoms with Crippen LogP contribution < -0.4 is 5.32 Å². The summed E-state index contributed by atoms with van der Waals surface area (Å²) in [5, 5.41) is 7.38. The minimum absolute atomic E-state index is 0.702. The van der Waals surface area contributed by atoms with Crippen LogP contribution in [0.15, 0.2) is 34.9 Å². The molecule has 21 heavy (non-hydrogen) atoms. The van der Waals surface area contributed by atoms with Gasteiger partial charge in [0.2, 0.25) is 5.89 Å². The van der Waals surface area contributed by atoms with E-state index < -0.39 is 0 Å². The molecule has 1 N–H and O–H groups in total. The maximum Gasteiger partial charge on any atom is 0.228 e. The van der Waals surface area contributed by atoms with Crippen molar-refractivity contribution in [1.29, 1.82) is 0 Å². The van der Waals surface area contributed by atoms with Crippen molar-refractivity contribution < 1.29 is 4.52 Å². The largest absolute Gasteiger partial charge is 0.385 e. The summed E-state index contributed by atoms with van der Waals surface area (Å²) in [5.41, 5.74) is 1.11. The molecule has 0 saturated carbocycles. The smallest absolute Gasteiger partial charge is 0.228 e. The van der Waals surface area contributed by atoms with Crippen LogP contribution in [-0.2, 0) is 12.8 Å². The lowest BCUT2D eigenvalue weighted by molar-refractivity contribution is 0.302.